The van der Waals surface area contributed by atoms with E-state index in [1.54, 1.807) is 39.8 Å². The van der Waals surface area contributed by atoms with Crippen LogP contribution in [0.2, 0.25) is 0 Å². The highest BCUT2D eigenvalue weighted by Crippen LogP contribution is 2.25. The van der Waals surface area contributed by atoms with E-state index in [2.05, 4.69) is 22.7 Å². The molecule has 1 aromatic rings. The fourth-order valence-corrected chi connectivity index (χ4v) is 1.45. The van der Waals surface area contributed by atoms with E-state index < -0.39 is 5.97 Å². The summed E-state index contributed by atoms with van der Waals surface area (Å²) in [4.78, 5) is 23.5. The van der Waals surface area contributed by atoms with E-state index in [4.69, 9.17) is 15.2 Å². The summed E-state index contributed by atoms with van der Waals surface area (Å²) in [6, 6.07) is 4.65. The van der Waals surface area contributed by atoms with Crippen molar-refractivity contribution in [2.45, 2.75) is 27.7 Å². The molecule has 0 unspecified atom stereocenters. The van der Waals surface area contributed by atoms with Crippen molar-refractivity contribution < 1.29 is 19.1 Å². The van der Waals surface area contributed by atoms with E-state index in [9.17, 15) is 9.59 Å². The lowest BCUT2D eigenvalue weighted by Crippen LogP contribution is -2.24. The average Bonchev–Trinajstić information content (AvgIpc) is 2.48. The molecular formula is C16H21N3O4S. The monoisotopic (exact) mass is 351 g/mol. The number of nitrogens with one attached hydrogen (secondary N) is 1. The minimum absolute atomic E-state index is 0.00876. The first-order chi connectivity index (χ1) is 11.2. The number of nitrogens with two attached hydrogens (primary N) is 1. The molecule has 0 fully saturated rings. The second kappa shape index (κ2) is 8.97. The average molecular weight is 351 g/mol. The lowest BCUT2D eigenvalue weighted by Gasteiger charge is -2.12. The van der Waals surface area contributed by atoms with E-state index in [1.165, 1.54) is 12.3 Å². The van der Waals surface area contributed by atoms with Gasteiger partial charge in [0.1, 0.15) is 11.5 Å². The molecule has 3 N–H and O–H groups in total. The Hall–Kier alpha value is -2.48. The fraction of sp³-hybridized carbons (Fsp3) is 0.375. The van der Waals surface area contributed by atoms with Gasteiger partial charge in [0.15, 0.2) is 5.11 Å². The highest BCUT2D eigenvalue weighted by atomic mass is 32.1. The van der Waals surface area contributed by atoms with Crippen molar-refractivity contribution in [3.63, 3.8) is 0 Å². The third kappa shape index (κ3) is 6.33. The van der Waals surface area contributed by atoms with Gasteiger partial charge in [-0.2, -0.15) is 5.10 Å². The van der Waals surface area contributed by atoms with Gasteiger partial charge < -0.3 is 15.2 Å². The zero-order valence-corrected chi connectivity index (χ0v) is 14.8. The van der Waals surface area contributed by atoms with E-state index >= 15 is 0 Å². The standard InChI is InChI=1S/C16H21N3O4S/c1-9(2)14(20)22-12-6-5-11(8-18-19-16(17)24)13(7-12)23-15(21)10(3)4/h5-10H,1-4H3,(H3,17,19,24)/b18-8-. The number of benzene rings is 1. The van der Waals surface area contributed by atoms with Crippen molar-refractivity contribution in [2.75, 3.05) is 0 Å². The summed E-state index contributed by atoms with van der Waals surface area (Å²) in [5.74, 6) is -0.892. The van der Waals surface area contributed by atoms with Crippen LogP contribution in [0.3, 0.4) is 0 Å². The second-order valence-corrected chi connectivity index (χ2v) is 6.03. The maximum absolute atomic E-state index is 11.9. The van der Waals surface area contributed by atoms with Crippen molar-refractivity contribution in [2.24, 2.45) is 22.7 Å². The first-order valence-electron chi connectivity index (χ1n) is 7.36. The Balaban J connectivity index is 3.08. The van der Waals surface area contributed by atoms with Crippen LogP contribution in [0.25, 0.3) is 0 Å². The molecule has 24 heavy (non-hydrogen) atoms. The number of rotatable bonds is 6. The van der Waals surface area contributed by atoms with E-state index in [-0.39, 0.29) is 34.4 Å². The molecule has 0 radical (unpaired) electrons. The smallest absolute Gasteiger partial charge is 0.313 e. The lowest BCUT2D eigenvalue weighted by atomic mass is 10.2. The van der Waals surface area contributed by atoms with Gasteiger partial charge >= 0.3 is 11.9 Å². The minimum Gasteiger partial charge on any atom is -0.426 e. The molecule has 0 bridgehead atoms. The molecule has 0 aliphatic carbocycles. The predicted molar refractivity (Wildman–Crippen MR) is 94.9 cm³/mol. The summed E-state index contributed by atoms with van der Waals surface area (Å²) in [6.45, 7) is 6.88. The molecule has 0 saturated carbocycles. The third-order valence-corrected chi connectivity index (χ3v) is 2.83. The van der Waals surface area contributed by atoms with Gasteiger partial charge in [0.05, 0.1) is 18.1 Å². The quantitative estimate of drug-likeness (QED) is 0.265. The first kappa shape index (κ1) is 19.6. The molecular weight excluding hydrogens is 330 g/mol. The zero-order valence-electron chi connectivity index (χ0n) is 14.0. The summed E-state index contributed by atoms with van der Waals surface area (Å²) in [6.07, 6.45) is 1.40. The number of hydrazone groups is 1. The van der Waals surface area contributed by atoms with Crippen LogP contribution in [0.1, 0.15) is 33.3 Å². The Labute approximate surface area is 146 Å². The van der Waals surface area contributed by atoms with Crippen LogP contribution in [0, 0.1) is 11.8 Å². The van der Waals surface area contributed by atoms with Crippen LogP contribution >= 0.6 is 12.2 Å². The highest BCUT2D eigenvalue weighted by molar-refractivity contribution is 7.80. The fourth-order valence-electron chi connectivity index (χ4n) is 1.40. The Morgan fingerprint density at radius 1 is 1.17 bits per heavy atom. The van der Waals surface area contributed by atoms with Crippen LogP contribution in [-0.4, -0.2) is 23.3 Å². The van der Waals surface area contributed by atoms with Crippen LogP contribution in [0.5, 0.6) is 11.5 Å². The van der Waals surface area contributed by atoms with E-state index in [0.717, 1.165) is 0 Å². The number of ether oxygens (including phenoxy) is 2. The molecule has 0 aliphatic heterocycles. The number of thiocarbonyl (C=S) groups is 1. The summed E-state index contributed by atoms with van der Waals surface area (Å²) >= 11 is 4.65. The Morgan fingerprint density at radius 2 is 1.75 bits per heavy atom. The summed E-state index contributed by atoms with van der Waals surface area (Å²) in [5, 5.41) is 3.84. The molecule has 130 valence electrons. The van der Waals surface area contributed by atoms with Gasteiger partial charge in [-0.3, -0.25) is 15.0 Å². The van der Waals surface area contributed by atoms with E-state index in [1.807, 2.05) is 0 Å². The molecule has 0 aliphatic rings. The highest BCUT2D eigenvalue weighted by Gasteiger charge is 2.15. The number of esters is 2. The van der Waals surface area contributed by atoms with Gasteiger partial charge in [-0.05, 0) is 24.4 Å². The van der Waals surface area contributed by atoms with Gasteiger partial charge in [0, 0.05) is 11.6 Å². The number of carbonyl (C=O) groups excluding carboxylic acids is 2. The summed E-state index contributed by atoms with van der Waals surface area (Å²) in [7, 11) is 0. The van der Waals surface area contributed by atoms with Crippen LogP contribution in [0.4, 0.5) is 0 Å². The minimum atomic E-state index is -0.417. The number of hydrogen-bond acceptors (Lipinski definition) is 6. The second-order valence-electron chi connectivity index (χ2n) is 5.59. The van der Waals surface area contributed by atoms with Crippen molar-refractivity contribution in [1.29, 1.82) is 0 Å². The molecule has 0 spiro atoms. The first-order valence-corrected chi connectivity index (χ1v) is 7.77. The Bertz CT molecular complexity index is 657. The van der Waals surface area contributed by atoms with Gasteiger partial charge in [-0.1, -0.05) is 27.7 Å². The molecule has 0 aromatic heterocycles. The summed E-state index contributed by atoms with van der Waals surface area (Å²) < 4.78 is 10.6. The van der Waals surface area contributed by atoms with Crippen molar-refractivity contribution >= 4 is 35.5 Å². The zero-order chi connectivity index (χ0) is 18.3. The molecule has 8 heteroatoms. The number of nitrogens with zero attached hydrogens (tertiary/aromatic N) is 1. The van der Waals surface area contributed by atoms with Crippen LogP contribution in [0.15, 0.2) is 23.3 Å². The topological polar surface area (TPSA) is 103 Å². The van der Waals surface area contributed by atoms with Crippen LogP contribution < -0.4 is 20.6 Å². The molecule has 0 heterocycles. The van der Waals surface area contributed by atoms with Gasteiger partial charge in [-0.15, -0.1) is 0 Å². The lowest BCUT2D eigenvalue weighted by molar-refractivity contribution is -0.138. The predicted octanol–water partition coefficient (Wildman–Crippen LogP) is 1.98. The van der Waals surface area contributed by atoms with Gasteiger partial charge in [0.25, 0.3) is 0 Å². The third-order valence-electron chi connectivity index (χ3n) is 2.74. The molecule has 7 nitrogen and oxygen atoms in total. The SMILES string of the molecule is CC(C)C(=O)Oc1ccc(/C=N\NC(N)=S)c(OC(=O)C(C)C)c1. The molecule has 0 atom stereocenters. The van der Waals surface area contributed by atoms with Gasteiger partial charge in [-0.25, -0.2) is 0 Å². The molecule has 1 rings (SSSR count). The largest absolute Gasteiger partial charge is 0.426 e. The Kier molecular flexibility index (Phi) is 7.31. The van der Waals surface area contributed by atoms with Crippen molar-refractivity contribution in [3.8, 4) is 11.5 Å². The summed E-state index contributed by atoms with van der Waals surface area (Å²) in [5.41, 5.74) is 8.20. The van der Waals surface area contributed by atoms with Crippen LogP contribution in [-0.2, 0) is 9.59 Å². The number of hydrogen-bond donors (Lipinski definition) is 2. The van der Waals surface area contributed by atoms with Crippen molar-refractivity contribution in [1.82, 2.24) is 5.43 Å². The number of carbonyl (C=O) groups is 2. The van der Waals surface area contributed by atoms with Crippen molar-refractivity contribution in [3.05, 3.63) is 23.8 Å². The van der Waals surface area contributed by atoms with Gasteiger partial charge in [0.2, 0.25) is 0 Å². The Morgan fingerprint density at radius 3 is 2.29 bits per heavy atom. The molecule has 1 aromatic carbocycles. The van der Waals surface area contributed by atoms with E-state index in [0.29, 0.717) is 5.56 Å². The normalized spacial score (nSPS) is 10.9. The maximum atomic E-state index is 11.9. The molecule has 0 amide bonds. The molecule has 0 saturated heterocycles. The maximum Gasteiger partial charge on any atom is 0.313 e.